The van der Waals surface area contributed by atoms with Crippen molar-refractivity contribution in [2.75, 3.05) is 6.54 Å². The Morgan fingerprint density at radius 3 is 2.50 bits per heavy atom. The molecule has 3 atom stereocenters. The first-order valence-electron chi connectivity index (χ1n) is 9.52. The van der Waals surface area contributed by atoms with Crippen LogP contribution in [0.4, 0.5) is 0 Å². The van der Waals surface area contributed by atoms with Gasteiger partial charge in [-0.15, -0.1) is 0 Å². The first-order valence-corrected chi connectivity index (χ1v) is 9.52. The normalized spacial score (nSPS) is 27.2. The smallest absolute Gasteiger partial charge is 0.233 e. The second kappa shape index (κ2) is 7.06. The molecular formula is C21H24N2O3. The van der Waals surface area contributed by atoms with Gasteiger partial charge in [-0.25, -0.2) is 0 Å². The Kier molecular flexibility index (Phi) is 4.62. The van der Waals surface area contributed by atoms with Crippen LogP contribution >= 0.6 is 0 Å². The molecule has 1 aliphatic heterocycles. The molecule has 0 spiro atoms. The standard InChI is InChI=1S/C21H24N2O3/c24-19(22-18-11-5-7-14-6-1-2-8-15(14)18)12-13-23-20(25)16-9-3-4-10-17(16)21(23)26/h1-4,6,8,16-18H,5,7,9-13H2,(H,22,24)/t16?,17?,18-/m1/s1. The molecule has 2 aliphatic carbocycles. The highest BCUT2D eigenvalue weighted by Crippen LogP contribution is 2.35. The van der Waals surface area contributed by atoms with Crippen LogP contribution in [0.2, 0.25) is 0 Å². The van der Waals surface area contributed by atoms with E-state index in [9.17, 15) is 14.4 Å². The molecule has 0 aromatic heterocycles. The van der Waals surface area contributed by atoms with Gasteiger partial charge in [0.2, 0.25) is 17.7 Å². The summed E-state index contributed by atoms with van der Waals surface area (Å²) in [6.45, 7) is 0.185. The Balaban J connectivity index is 1.35. The fourth-order valence-corrected chi connectivity index (χ4v) is 4.47. The molecule has 5 heteroatoms. The number of carbonyl (C=O) groups is 3. The van der Waals surface area contributed by atoms with Crippen LogP contribution in [0.1, 0.15) is 49.3 Å². The molecular weight excluding hydrogens is 328 g/mol. The molecule has 1 heterocycles. The number of carbonyl (C=O) groups excluding carboxylic acids is 3. The summed E-state index contributed by atoms with van der Waals surface area (Å²) in [5.41, 5.74) is 2.49. The monoisotopic (exact) mass is 352 g/mol. The molecule has 4 rings (SSSR count). The lowest BCUT2D eigenvalue weighted by Crippen LogP contribution is -2.37. The molecule has 5 nitrogen and oxygen atoms in total. The maximum absolute atomic E-state index is 12.5. The third-order valence-electron chi connectivity index (χ3n) is 5.87. The summed E-state index contributed by atoms with van der Waals surface area (Å²) in [6.07, 6.45) is 8.43. The van der Waals surface area contributed by atoms with Crippen molar-refractivity contribution < 1.29 is 14.4 Å². The average molecular weight is 352 g/mol. The van der Waals surface area contributed by atoms with Crippen molar-refractivity contribution in [2.24, 2.45) is 11.8 Å². The molecule has 1 aromatic rings. The molecule has 0 saturated carbocycles. The zero-order chi connectivity index (χ0) is 18.1. The number of imide groups is 1. The molecule has 1 aromatic carbocycles. The number of rotatable bonds is 4. The highest BCUT2D eigenvalue weighted by atomic mass is 16.2. The Morgan fingerprint density at radius 2 is 1.77 bits per heavy atom. The zero-order valence-corrected chi connectivity index (χ0v) is 14.8. The van der Waals surface area contributed by atoms with Gasteiger partial charge in [-0.2, -0.15) is 0 Å². The summed E-state index contributed by atoms with van der Waals surface area (Å²) in [4.78, 5) is 38.6. The molecule has 2 unspecified atom stereocenters. The van der Waals surface area contributed by atoms with E-state index in [0.717, 1.165) is 19.3 Å². The average Bonchev–Trinajstić information content (AvgIpc) is 2.91. The molecule has 0 radical (unpaired) electrons. The van der Waals surface area contributed by atoms with Gasteiger partial charge in [0.1, 0.15) is 0 Å². The summed E-state index contributed by atoms with van der Waals surface area (Å²) in [7, 11) is 0. The number of benzene rings is 1. The number of amides is 3. The van der Waals surface area contributed by atoms with Crippen molar-refractivity contribution in [3.05, 3.63) is 47.5 Å². The Labute approximate surface area is 153 Å². The fourth-order valence-electron chi connectivity index (χ4n) is 4.47. The van der Waals surface area contributed by atoms with Crippen LogP contribution in [-0.4, -0.2) is 29.2 Å². The highest BCUT2D eigenvalue weighted by molar-refractivity contribution is 6.05. The minimum absolute atomic E-state index is 0.0317. The first kappa shape index (κ1) is 17.0. The summed E-state index contributed by atoms with van der Waals surface area (Å²) in [5.74, 6) is -0.762. The lowest BCUT2D eigenvalue weighted by atomic mass is 9.85. The quantitative estimate of drug-likeness (QED) is 0.669. The minimum Gasteiger partial charge on any atom is -0.349 e. The minimum atomic E-state index is -0.221. The number of aryl methyl sites for hydroxylation is 1. The second-order valence-corrected chi connectivity index (χ2v) is 7.45. The van der Waals surface area contributed by atoms with E-state index in [1.807, 2.05) is 24.3 Å². The van der Waals surface area contributed by atoms with E-state index in [0.29, 0.717) is 12.8 Å². The van der Waals surface area contributed by atoms with E-state index >= 15 is 0 Å². The first-order chi connectivity index (χ1) is 12.6. The number of likely N-dealkylation sites (tertiary alicyclic amines) is 1. The van der Waals surface area contributed by atoms with E-state index in [4.69, 9.17) is 0 Å². The zero-order valence-electron chi connectivity index (χ0n) is 14.8. The van der Waals surface area contributed by atoms with Crippen LogP contribution in [0.25, 0.3) is 0 Å². The van der Waals surface area contributed by atoms with Gasteiger partial charge >= 0.3 is 0 Å². The summed E-state index contributed by atoms with van der Waals surface area (Å²) < 4.78 is 0. The van der Waals surface area contributed by atoms with Crippen molar-refractivity contribution >= 4 is 17.7 Å². The number of nitrogens with one attached hydrogen (secondary N) is 1. The van der Waals surface area contributed by atoms with Gasteiger partial charge in [-0.05, 0) is 43.2 Å². The topological polar surface area (TPSA) is 66.5 Å². The van der Waals surface area contributed by atoms with E-state index in [1.165, 1.54) is 16.0 Å². The number of nitrogens with zero attached hydrogens (tertiary/aromatic N) is 1. The van der Waals surface area contributed by atoms with Crippen LogP contribution in [0, 0.1) is 11.8 Å². The van der Waals surface area contributed by atoms with Crippen molar-refractivity contribution in [2.45, 2.75) is 44.6 Å². The van der Waals surface area contributed by atoms with Crippen molar-refractivity contribution in [1.29, 1.82) is 0 Å². The molecule has 26 heavy (non-hydrogen) atoms. The second-order valence-electron chi connectivity index (χ2n) is 7.45. The van der Waals surface area contributed by atoms with Crippen LogP contribution in [0.15, 0.2) is 36.4 Å². The van der Waals surface area contributed by atoms with Crippen LogP contribution < -0.4 is 5.32 Å². The van der Waals surface area contributed by atoms with Crippen LogP contribution in [0.5, 0.6) is 0 Å². The van der Waals surface area contributed by atoms with Crippen LogP contribution in [0.3, 0.4) is 0 Å². The Hall–Kier alpha value is -2.43. The third-order valence-corrected chi connectivity index (χ3v) is 5.87. The van der Waals surface area contributed by atoms with Gasteiger partial charge in [0.05, 0.1) is 17.9 Å². The Bertz CT molecular complexity index is 744. The van der Waals surface area contributed by atoms with Crippen molar-refractivity contribution in [3.63, 3.8) is 0 Å². The van der Waals surface area contributed by atoms with Gasteiger partial charge in [0.15, 0.2) is 0 Å². The van der Waals surface area contributed by atoms with Gasteiger partial charge in [-0.3, -0.25) is 19.3 Å². The van der Waals surface area contributed by atoms with Crippen molar-refractivity contribution in [3.8, 4) is 0 Å². The molecule has 3 aliphatic rings. The summed E-state index contributed by atoms with van der Waals surface area (Å²) >= 11 is 0. The van der Waals surface area contributed by atoms with E-state index < -0.39 is 0 Å². The number of hydrogen-bond donors (Lipinski definition) is 1. The SMILES string of the molecule is O=C(CCN1C(=O)C2CC=CCC2C1=O)N[C@@H]1CCCc2ccccc21. The largest absolute Gasteiger partial charge is 0.349 e. The van der Waals surface area contributed by atoms with E-state index in [2.05, 4.69) is 17.4 Å². The molecule has 0 bridgehead atoms. The van der Waals surface area contributed by atoms with Gasteiger partial charge in [0, 0.05) is 13.0 Å². The molecule has 136 valence electrons. The van der Waals surface area contributed by atoms with E-state index in [-0.39, 0.29) is 48.6 Å². The van der Waals surface area contributed by atoms with Gasteiger partial charge in [0.25, 0.3) is 0 Å². The number of hydrogen-bond acceptors (Lipinski definition) is 3. The van der Waals surface area contributed by atoms with E-state index in [1.54, 1.807) is 0 Å². The maximum Gasteiger partial charge on any atom is 0.233 e. The third kappa shape index (κ3) is 3.06. The predicted octanol–water partition coefficient (Wildman–Crippen LogP) is 2.52. The van der Waals surface area contributed by atoms with Gasteiger partial charge < -0.3 is 5.32 Å². The molecule has 1 saturated heterocycles. The maximum atomic E-state index is 12.5. The lowest BCUT2D eigenvalue weighted by Gasteiger charge is -2.26. The molecule has 1 N–H and O–H groups in total. The number of fused-ring (bicyclic) bond motifs is 2. The summed E-state index contributed by atoms with van der Waals surface area (Å²) in [5, 5.41) is 3.09. The molecule has 3 amide bonds. The Morgan fingerprint density at radius 1 is 1.08 bits per heavy atom. The van der Waals surface area contributed by atoms with Crippen LogP contribution in [-0.2, 0) is 20.8 Å². The fraction of sp³-hybridized carbons (Fsp3) is 0.476. The predicted molar refractivity (Wildman–Crippen MR) is 97.0 cm³/mol. The molecule has 1 fully saturated rings. The lowest BCUT2D eigenvalue weighted by molar-refractivity contribution is -0.140. The highest BCUT2D eigenvalue weighted by Gasteiger charge is 2.46. The van der Waals surface area contributed by atoms with Gasteiger partial charge in [-0.1, -0.05) is 36.4 Å². The number of allylic oxidation sites excluding steroid dienone is 2. The summed E-state index contributed by atoms with van der Waals surface area (Å²) in [6, 6.07) is 8.25. The van der Waals surface area contributed by atoms with Crippen molar-refractivity contribution in [1.82, 2.24) is 10.2 Å².